The molecule has 2 aromatic carbocycles. The van der Waals surface area contributed by atoms with Gasteiger partial charge >= 0.3 is 0 Å². The lowest BCUT2D eigenvalue weighted by atomic mass is 9.92. The summed E-state index contributed by atoms with van der Waals surface area (Å²) >= 11 is 0. The van der Waals surface area contributed by atoms with Gasteiger partial charge < -0.3 is 10.1 Å². The Labute approximate surface area is 123 Å². The van der Waals surface area contributed by atoms with Crippen LogP contribution in [0.2, 0.25) is 0 Å². The van der Waals surface area contributed by atoms with Gasteiger partial charge in [-0.05, 0) is 24.6 Å². The summed E-state index contributed by atoms with van der Waals surface area (Å²) in [5.41, 5.74) is 0.780. The lowest BCUT2D eigenvalue weighted by Crippen LogP contribution is -2.35. The Morgan fingerprint density at radius 1 is 1.10 bits per heavy atom. The predicted molar refractivity (Wildman–Crippen MR) is 81.5 cm³/mol. The summed E-state index contributed by atoms with van der Waals surface area (Å²) in [6, 6.07) is 17.1. The number of nitrogens with one attached hydrogen (secondary N) is 1. The molecular formula is C17H16N2O2. The number of hydrogen-bond acceptors (Lipinski definition) is 3. The molecule has 0 aromatic heterocycles. The third-order valence-corrected chi connectivity index (χ3v) is 3.69. The van der Waals surface area contributed by atoms with Gasteiger partial charge in [-0.2, -0.15) is 0 Å². The Kier molecular flexibility index (Phi) is 3.22. The maximum atomic E-state index is 12.4. The van der Waals surface area contributed by atoms with Gasteiger partial charge in [-0.1, -0.05) is 42.5 Å². The standard InChI is InChI=1S/C17H16N2O2/c1-17(13-9-6-10-14(11-13)21-2)16(20)18-15(19-17)12-7-4-3-5-8-12/h3-11H,1-2H3,(H,18,19,20). The molecule has 0 bridgehead atoms. The summed E-state index contributed by atoms with van der Waals surface area (Å²) in [5, 5.41) is 2.87. The summed E-state index contributed by atoms with van der Waals surface area (Å²) < 4.78 is 5.23. The van der Waals surface area contributed by atoms with Crippen molar-refractivity contribution in [2.75, 3.05) is 7.11 Å². The average molecular weight is 280 g/mol. The van der Waals surface area contributed by atoms with Crippen molar-refractivity contribution in [2.45, 2.75) is 12.5 Å². The van der Waals surface area contributed by atoms with Gasteiger partial charge in [-0.15, -0.1) is 0 Å². The van der Waals surface area contributed by atoms with E-state index in [1.807, 2.05) is 61.5 Å². The van der Waals surface area contributed by atoms with E-state index in [9.17, 15) is 4.79 Å². The molecule has 0 spiro atoms. The fourth-order valence-corrected chi connectivity index (χ4v) is 2.39. The molecule has 106 valence electrons. The third-order valence-electron chi connectivity index (χ3n) is 3.69. The number of ether oxygens (including phenoxy) is 1. The fourth-order valence-electron chi connectivity index (χ4n) is 2.39. The number of methoxy groups -OCH3 is 1. The maximum Gasteiger partial charge on any atom is 0.257 e. The average Bonchev–Trinajstić information content (AvgIpc) is 2.85. The first kappa shape index (κ1) is 13.4. The van der Waals surface area contributed by atoms with Crippen LogP contribution in [0.1, 0.15) is 18.1 Å². The number of aliphatic imine (C=N–C) groups is 1. The monoisotopic (exact) mass is 280 g/mol. The van der Waals surface area contributed by atoms with E-state index in [0.717, 1.165) is 11.1 Å². The highest BCUT2D eigenvalue weighted by Gasteiger charge is 2.41. The summed E-state index contributed by atoms with van der Waals surface area (Å²) in [6.07, 6.45) is 0. The number of nitrogens with zero attached hydrogens (tertiary/aromatic N) is 1. The molecule has 1 aliphatic heterocycles. The van der Waals surface area contributed by atoms with Gasteiger partial charge in [0, 0.05) is 5.56 Å². The smallest absolute Gasteiger partial charge is 0.257 e. The van der Waals surface area contributed by atoms with Crippen molar-refractivity contribution in [3.05, 3.63) is 65.7 Å². The second-order valence-electron chi connectivity index (χ2n) is 5.08. The van der Waals surface area contributed by atoms with E-state index in [-0.39, 0.29) is 5.91 Å². The Morgan fingerprint density at radius 3 is 2.57 bits per heavy atom. The first-order valence-corrected chi connectivity index (χ1v) is 6.75. The minimum Gasteiger partial charge on any atom is -0.497 e. The first-order valence-electron chi connectivity index (χ1n) is 6.75. The predicted octanol–water partition coefficient (Wildman–Crippen LogP) is 2.49. The van der Waals surface area contributed by atoms with Crippen molar-refractivity contribution in [2.24, 2.45) is 4.99 Å². The second kappa shape index (κ2) is 5.05. The normalized spacial score (nSPS) is 20.9. The van der Waals surface area contributed by atoms with Crippen LogP contribution in [-0.4, -0.2) is 18.9 Å². The zero-order valence-corrected chi connectivity index (χ0v) is 12.0. The van der Waals surface area contributed by atoms with Gasteiger partial charge in [0.1, 0.15) is 11.6 Å². The number of carbonyl (C=O) groups is 1. The molecule has 0 saturated carbocycles. The van der Waals surface area contributed by atoms with Gasteiger partial charge in [0.25, 0.3) is 5.91 Å². The van der Waals surface area contributed by atoms with Crippen LogP contribution in [0, 0.1) is 0 Å². The van der Waals surface area contributed by atoms with E-state index in [0.29, 0.717) is 11.6 Å². The van der Waals surface area contributed by atoms with Crippen LogP contribution in [0.4, 0.5) is 0 Å². The van der Waals surface area contributed by atoms with Crippen LogP contribution >= 0.6 is 0 Å². The molecule has 2 aromatic rings. The van der Waals surface area contributed by atoms with Gasteiger partial charge in [0.05, 0.1) is 7.11 Å². The van der Waals surface area contributed by atoms with Crippen molar-refractivity contribution in [1.29, 1.82) is 0 Å². The molecular weight excluding hydrogens is 264 g/mol. The summed E-state index contributed by atoms with van der Waals surface area (Å²) in [5.74, 6) is 1.19. The Bertz CT molecular complexity index is 710. The number of amides is 1. The highest BCUT2D eigenvalue weighted by atomic mass is 16.5. The van der Waals surface area contributed by atoms with Gasteiger partial charge in [0.2, 0.25) is 0 Å². The zero-order chi connectivity index (χ0) is 14.9. The van der Waals surface area contributed by atoms with E-state index in [2.05, 4.69) is 10.3 Å². The minimum absolute atomic E-state index is 0.130. The number of rotatable bonds is 3. The van der Waals surface area contributed by atoms with E-state index in [1.54, 1.807) is 7.11 Å². The van der Waals surface area contributed by atoms with E-state index in [4.69, 9.17) is 4.74 Å². The summed E-state index contributed by atoms with van der Waals surface area (Å²) in [6.45, 7) is 1.81. The quantitative estimate of drug-likeness (QED) is 0.939. The van der Waals surface area contributed by atoms with Gasteiger partial charge in [-0.25, -0.2) is 4.99 Å². The van der Waals surface area contributed by atoms with E-state index < -0.39 is 5.54 Å². The van der Waals surface area contributed by atoms with Crippen LogP contribution in [0.3, 0.4) is 0 Å². The van der Waals surface area contributed by atoms with E-state index in [1.165, 1.54) is 0 Å². The van der Waals surface area contributed by atoms with Crippen molar-refractivity contribution in [3.63, 3.8) is 0 Å². The molecule has 21 heavy (non-hydrogen) atoms. The summed E-state index contributed by atoms with van der Waals surface area (Å²) in [7, 11) is 1.61. The number of hydrogen-bond donors (Lipinski definition) is 1. The molecule has 0 radical (unpaired) electrons. The molecule has 0 fully saturated rings. The van der Waals surface area contributed by atoms with Crippen molar-refractivity contribution in [1.82, 2.24) is 5.32 Å². The zero-order valence-electron chi connectivity index (χ0n) is 12.0. The largest absolute Gasteiger partial charge is 0.497 e. The van der Waals surface area contributed by atoms with Crippen LogP contribution in [-0.2, 0) is 10.3 Å². The first-order chi connectivity index (χ1) is 10.1. The molecule has 4 nitrogen and oxygen atoms in total. The number of amidine groups is 1. The minimum atomic E-state index is -0.931. The number of carbonyl (C=O) groups excluding carboxylic acids is 1. The molecule has 0 saturated heterocycles. The van der Waals surface area contributed by atoms with Crippen molar-refractivity contribution >= 4 is 11.7 Å². The highest BCUT2D eigenvalue weighted by Crippen LogP contribution is 2.32. The molecule has 1 unspecified atom stereocenters. The van der Waals surface area contributed by atoms with Crippen LogP contribution in [0.25, 0.3) is 0 Å². The molecule has 1 heterocycles. The lowest BCUT2D eigenvalue weighted by Gasteiger charge is -2.18. The van der Waals surface area contributed by atoms with E-state index >= 15 is 0 Å². The molecule has 1 N–H and O–H groups in total. The molecule has 1 aliphatic rings. The van der Waals surface area contributed by atoms with Crippen LogP contribution in [0.5, 0.6) is 5.75 Å². The van der Waals surface area contributed by atoms with Crippen LogP contribution < -0.4 is 10.1 Å². The topological polar surface area (TPSA) is 50.7 Å². The molecule has 3 rings (SSSR count). The Balaban J connectivity index is 2.04. The SMILES string of the molecule is COc1cccc(C2(C)N=C(c3ccccc3)NC2=O)c1. The van der Waals surface area contributed by atoms with Crippen LogP contribution in [0.15, 0.2) is 59.6 Å². The van der Waals surface area contributed by atoms with Crippen molar-refractivity contribution < 1.29 is 9.53 Å². The molecule has 1 atom stereocenters. The Hall–Kier alpha value is -2.62. The van der Waals surface area contributed by atoms with Gasteiger partial charge in [0.15, 0.2) is 5.54 Å². The Morgan fingerprint density at radius 2 is 1.86 bits per heavy atom. The second-order valence-corrected chi connectivity index (χ2v) is 5.08. The molecule has 4 heteroatoms. The van der Waals surface area contributed by atoms with Crippen molar-refractivity contribution in [3.8, 4) is 5.75 Å². The highest BCUT2D eigenvalue weighted by molar-refractivity contribution is 6.15. The molecule has 0 aliphatic carbocycles. The molecule has 1 amide bonds. The third kappa shape index (κ3) is 2.29. The lowest BCUT2D eigenvalue weighted by molar-refractivity contribution is -0.123. The summed E-state index contributed by atoms with van der Waals surface area (Å²) in [4.78, 5) is 17.0. The fraction of sp³-hybridized carbons (Fsp3) is 0.176. The number of benzene rings is 2. The maximum absolute atomic E-state index is 12.4. The van der Waals surface area contributed by atoms with Gasteiger partial charge in [-0.3, -0.25) is 4.79 Å².